The molecule has 0 aromatic heterocycles. The third kappa shape index (κ3) is 2.73. The minimum atomic E-state index is -0.519. The lowest BCUT2D eigenvalue weighted by molar-refractivity contribution is 0.0467. The summed E-state index contributed by atoms with van der Waals surface area (Å²) in [5, 5.41) is 13.2. The first kappa shape index (κ1) is 9.96. The summed E-state index contributed by atoms with van der Waals surface area (Å²) in [6.07, 6.45) is 3.68. The van der Waals surface area contributed by atoms with E-state index in [9.17, 15) is 5.11 Å². The number of hydrogen-bond acceptors (Lipinski definition) is 3. The summed E-state index contributed by atoms with van der Waals surface area (Å²) >= 11 is 0. The summed E-state index contributed by atoms with van der Waals surface area (Å²) in [5.41, 5.74) is 5.21. The zero-order valence-electron chi connectivity index (χ0n) is 7.84. The molecule has 0 radical (unpaired) electrons. The second-order valence-electron chi connectivity index (χ2n) is 3.90. The Labute approximate surface area is 74.3 Å². The maximum atomic E-state index is 9.95. The Morgan fingerprint density at radius 2 is 2.42 bits per heavy atom. The molecule has 2 unspecified atom stereocenters. The smallest absolute Gasteiger partial charge is 0.0786 e. The fraction of sp³-hybridized carbons (Fsp3) is 1.00. The van der Waals surface area contributed by atoms with Crippen molar-refractivity contribution in [3.63, 3.8) is 0 Å². The molecule has 1 saturated carbocycles. The predicted octanol–water partition coefficient (Wildman–Crippen LogP) is 0.228. The van der Waals surface area contributed by atoms with Crippen molar-refractivity contribution in [1.82, 2.24) is 5.32 Å². The van der Waals surface area contributed by atoms with Crippen molar-refractivity contribution in [3.05, 3.63) is 0 Å². The van der Waals surface area contributed by atoms with Gasteiger partial charge in [-0.3, -0.25) is 0 Å². The van der Waals surface area contributed by atoms with Crippen LogP contribution in [0, 0.1) is 0 Å². The van der Waals surface area contributed by atoms with E-state index in [2.05, 4.69) is 12.2 Å². The van der Waals surface area contributed by atoms with Gasteiger partial charge < -0.3 is 16.2 Å². The topological polar surface area (TPSA) is 58.3 Å². The molecular formula is C9H20N2O. The largest absolute Gasteiger partial charge is 0.389 e. The number of aliphatic hydroxyl groups is 1. The summed E-state index contributed by atoms with van der Waals surface area (Å²) in [6, 6.07) is 0.207. The Balaban J connectivity index is 2.21. The Kier molecular flexibility index (Phi) is 3.50. The summed E-state index contributed by atoms with van der Waals surface area (Å²) < 4.78 is 0. The number of nitrogens with one attached hydrogen (secondary N) is 1. The molecule has 0 spiro atoms. The summed E-state index contributed by atoms with van der Waals surface area (Å²) in [4.78, 5) is 0. The first-order chi connectivity index (χ1) is 5.66. The van der Waals surface area contributed by atoms with Crippen molar-refractivity contribution in [2.45, 2.75) is 44.2 Å². The SMILES string of the molecule is CCCNCC1(O)CCC(N)C1. The first-order valence-electron chi connectivity index (χ1n) is 4.85. The zero-order valence-corrected chi connectivity index (χ0v) is 7.84. The third-order valence-electron chi connectivity index (χ3n) is 2.50. The predicted molar refractivity (Wildman–Crippen MR) is 49.9 cm³/mol. The van der Waals surface area contributed by atoms with Gasteiger partial charge in [-0.1, -0.05) is 6.92 Å². The normalized spacial score (nSPS) is 35.8. The van der Waals surface area contributed by atoms with Crippen LogP contribution >= 0.6 is 0 Å². The van der Waals surface area contributed by atoms with Gasteiger partial charge in [0, 0.05) is 12.6 Å². The monoisotopic (exact) mass is 172 g/mol. The molecule has 1 aliphatic carbocycles. The van der Waals surface area contributed by atoms with Gasteiger partial charge in [0.05, 0.1) is 5.60 Å². The van der Waals surface area contributed by atoms with E-state index in [1.807, 2.05) is 0 Å². The number of nitrogens with two attached hydrogens (primary N) is 1. The van der Waals surface area contributed by atoms with Gasteiger partial charge in [0.15, 0.2) is 0 Å². The minimum absolute atomic E-state index is 0.207. The summed E-state index contributed by atoms with van der Waals surface area (Å²) in [5.74, 6) is 0. The van der Waals surface area contributed by atoms with Gasteiger partial charge in [-0.2, -0.15) is 0 Å². The maximum Gasteiger partial charge on any atom is 0.0786 e. The molecule has 0 aromatic carbocycles. The van der Waals surface area contributed by atoms with Crippen LogP contribution in [0.2, 0.25) is 0 Å². The Morgan fingerprint density at radius 3 is 2.92 bits per heavy atom. The molecule has 1 fully saturated rings. The van der Waals surface area contributed by atoms with Crippen LogP contribution in [0.3, 0.4) is 0 Å². The number of rotatable bonds is 4. The van der Waals surface area contributed by atoms with Gasteiger partial charge in [0.2, 0.25) is 0 Å². The van der Waals surface area contributed by atoms with Gasteiger partial charge in [-0.25, -0.2) is 0 Å². The molecule has 0 bridgehead atoms. The van der Waals surface area contributed by atoms with Crippen LogP contribution in [-0.2, 0) is 0 Å². The maximum absolute atomic E-state index is 9.95. The van der Waals surface area contributed by atoms with Crippen LogP contribution in [0.1, 0.15) is 32.6 Å². The lowest BCUT2D eigenvalue weighted by Gasteiger charge is -2.22. The van der Waals surface area contributed by atoms with Crippen molar-refractivity contribution in [3.8, 4) is 0 Å². The van der Waals surface area contributed by atoms with Crippen LogP contribution in [0.5, 0.6) is 0 Å². The molecular weight excluding hydrogens is 152 g/mol. The molecule has 4 N–H and O–H groups in total. The average molecular weight is 172 g/mol. The van der Waals surface area contributed by atoms with E-state index >= 15 is 0 Å². The fourth-order valence-electron chi connectivity index (χ4n) is 1.80. The van der Waals surface area contributed by atoms with Crippen molar-refractivity contribution in [1.29, 1.82) is 0 Å². The molecule has 3 heteroatoms. The molecule has 2 atom stereocenters. The van der Waals surface area contributed by atoms with E-state index in [4.69, 9.17) is 5.73 Å². The molecule has 0 aliphatic heterocycles. The Bertz CT molecular complexity index is 140. The lowest BCUT2D eigenvalue weighted by Crippen LogP contribution is -2.39. The van der Waals surface area contributed by atoms with E-state index in [0.717, 1.165) is 32.2 Å². The highest BCUT2D eigenvalue weighted by Crippen LogP contribution is 2.27. The van der Waals surface area contributed by atoms with Gasteiger partial charge in [-0.05, 0) is 32.2 Å². The third-order valence-corrected chi connectivity index (χ3v) is 2.50. The van der Waals surface area contributed by atoms with Crippen LogP contribution in [0.15, 0.2) is 0 Å². The second-order valence-corrected chi connectivity index (χ2v) is 3.90. The van der Waals surface area contributed by atoms with Crippen LogP contribution in [0.25, 0.3) is 0 Å². The molecule has 0 amide bonds. The van der Waals surface area contributed by atoms with Crippen LogP contribution in [0.4, 0.5) is 0 Å². The van der Waals surface area contributed by atoms with E-state index in [0.29, 0.717) is 6.54 Å². The summed E-state index contributed by atoms with van der Waals surface area (Å²) in [7, 11) is 0. The average Bonchev–Trinajstić information content (AvgIpc) is 2.32. The summed E-state index contributed by atoms with van der Waals surface area (Å²) in [6.45, 7) is 3.81. The first-order valence-corrected chi connectivity index (χ1v) is 4.85. The molecule has 3 nitrogen and oxygen atoms in total. The number of hydrogen-bond donors (Lipinski definition) is 3. The van der Waals surface area contributed by atoms with Crippen molar-refractivity contribution < 1.29 is 5.11 Å². The van der Waals surface area contributed by atoms with Gasteiger partial charge >= 0.3 is 0 Å². The molecule has 1 aliphatic rings. The van der Waals surface area contributed by atoms with Gasteiger partial charge in [0.25, 0.3) is 0 Å². The highest BCUT2D eigenvalue weighted by atomic mass is 16.3. The van der Waals surface area contributed by atoms with E-state index in [1.165, 1.54) is 0 Å². The Hall–Kier alpha value is -0.120. The zero-order chi connectivity index (χ0) is 9.03. The second kappa shape index (κ2) is 4.21. The molecule has 0 heterocycles. The lowest BCUT2D eigenvalue weighted by atomic mass is 10.0. The van der Waals surface area contributed by atoms with Crippen LogP contribution < -0.4 is 11.1 Å². The van der Waals surface area contributed by atoms with E-state index in [-0.39, 0.29) is 6.04 Å². The van der Waals surface area contributed by atoms with Crippen molar-refractivity contribution in [2.24, 2.45) is 5.73 Å². The molecule has 0 saturated heterocycles. The molecule has 12 heavy (non-hydrogen) atoms. The van der Waals surface area contributed by atoms with Crippen LogP contribution in [-0.4, -0.2) is 29.8 Å². The van der Waals surface area contributed by atoms with E-state index < -0.39 is 5.60 Å². The van der Waals surface area contributed by atoms with Crippen molar-refractivity contribution in [2.75, 3.05) is 13.1 Å². The minimum Gasteiger partial charge on any atom is -0.389 e. The molecule has 1 rings (SSSR count). The standard InChI is InChI=1S/C9H20N2O/c1-2-5-11-7-9(12)4-3-8(10)6-9/h8,11-12H,2-7,10H2,1H3. The van der Waals surface area contributed by atoms with Gasteiger partial charge in [-0.15, -0.1) is 0 Å². The van der Waals surface area contributed by atoms with E-state index in [1.54, 1.807) is 0 Å². The fourth-order valence-corrected chi connectivity index (χ4v) is 1.80. The Morgan fingerprint density at radius 1 is 1.67 bits per heavy atom. The quantitative estimate of drug-likeness (QED) is 0.532. The highest BCUT2D eigenvalue weighted by Gasteiger charge is 2.34. The highest BCUT2D eigenvalue weighted by molar-refractivity contribution is 4.92. The molecule has 0 aromatic rings. The van der Waals surface area contributed by atoms with Crippen molar-refractivity contribution >= 4 is 0 Å². The van der Waals surface area contributed by atoms with Gasteiger partial charge in [0.1, 0.15) is 0 Å². The molecule has 72 valence electrons.